The van der Waals surface area contributed by atoms with Gasteiger partial charge in [-0.05, 0) is 24.3 Å². The predicted molar refractivity (Wildman–Crippen MR) is 85.5 cm³/mol. The second-order valence-corrected chi connectivity index (χ2v) is 5.51. The fourth-order valence-corrected chi connectivity index (χ4v) is 2.55. The molecule has 3 aromatic heterocycles. The molecule has 0 atom stereocenters. The molecule has 0 fully saturated rings. The largest absolute Gasteiger partial charge is 0.453 e. The van der Waals surface area contributed by atoms with Crippen LogP contribution < -0.4 is 0 Å². The minimum absolute atomic E-state index is 0.0647. The Bertz CT molecular complexity index is 986. The van der Waals surface area contributed by atoms with E-state index in [0.29, 0.717) is 16.3 Å². The quantitative estimate of drug-likeness (QED) is 0.532. The average molecular weight is 327 g/mol. The maximum absolute atomic E-state index is 12.1. The van der Waals surface area contributed by atoms with E-state index in [9.17, 15) is 4.79 Å². The Hall–Kier alpha value is -2.79. The number of carbonyl (C=O) groups excluding carboxylic acids is 1. The molecule has 5 nitrogen and oxygen atoms in total. The van der Waals surface area contributed by atoms with E-state index in [2.05, 4.69) is 4.98 Å². The van der Waals surface area contributed by atoms with Gasteiger partial charge in [0, 0.05) is 17.8 Å². The summed E-state index contributed by atoms with van der Waals surface area (Å²) >= 11 is 5.93. The number of nitrogens with zero attached hydrogens (tertiary/aromatic N) is 2. The molecule has 4 rings (SSSR count). The number of hydrogen-bond acceptors (Lipinski definition) is 4. The van der Waals surface area contributed by atoms with Crippen LogP contribution in [0, 0.1) is 0 Å². The molecule has 23 heavy (non-hydrogen) atoms. The van der Waals surface area contributed by atoms with Crippen LogP contribution in [0.4, 0.5) is 0 Å². The van der Waals surface area contributed by atoms with Gasteiger partial charge in [0.25, 0.3) is 0 Å². The lowest BCUT2D eigenvalue weighted by atomic mass is 10.2. The van der Waals surface area contributed by atoms with Gasteiger partial charge in [-0.1, -0.05) is 29.8 Å². The van der Waals surface area contributed by atoms with Gasteiger partial charge in [0.1, 0.15) is 17.8 Å². The number of esters is 1. The van der Waals surface area contributed by atoms with Crippen LogP contribution in [0.3, 0.4) is 0 Å². The van der Waals surface area contributed by atoms with Crippen molar-refractivity contribution in [1.29, 1.82) is 0 Å². The van der Waals surface area contributed by atoms with E-state index in [0.717, 1.165) is 11.0 Å². The normalized spacial score (nSPS) is 11.2. The van der Waals surface area contributed by atoms with Crippen LogP contribution in [0.1, 0.15) is 16.2 Å². The van der Waals surface area contributed by atoms with Crippen LogP contribution in [0.5, 0.6) is 0 Å². The van der Waals surface area contributed by atoms with Crippen molar-refractivity contribution >= 4 is 34.2 Å². The minimum Gasteiger partial charge on any atom is -0.453 e. The third-order valence-corrected chi connectivity index (χ3v) is 3.67. The van der Waals surface area contributed by atoms with Crippen LogP contribution in [0.25, 0.3) is 16.6 Å². The number of aromatic nitrogens is 2. The van der Waals surface area contributed by atoms with Crippen molar-refractivity contribution in [2.45, 2.75) is 6.61 Å². The van der Waals surface area contributed by atoms with E-state index in [1.54, 1.807) is 41.1 Å². The summed E-state index contributed by atoms with van der Waals surface area (Å²) in [5.74, 6) is -0.339. The van der Waals surface area contributed by atoms with Crippen molar-refractivity contribution < 1.29 is 13.9 Å². The molecule has 6 heteroatoms. The lowest BCUT2D eigenvalue weighted by Gasteiger charge is -1.99. The van der Waals surface area contributed by atoms with Crippen molar-refractivity contribution in [2.24, 2.45) is 0 Å². The molecule has 3 heterocycles. The first-order chi connectivity index (χ1) is 11.2. The first kappa shape index (κ1) is 13.8. The zero-order valence-corrected chi connectivity index (χ0v) is 12.7. The first-order valence-corrected chi connectivity index (χ1v) is 7.36. The minimum atomic E-state index is -0.517. The second kappa shape index (κ2) is 5.44. The Morgan fingerprint density at radius 3 is 2.96 bits per heavy atom. The number of ether oxygens (including phenoxy) is 1. The SMILES string of the molecule is O=C(OCc1cn2cc(Cl)ccc2n1)c1cc2ccccc2o1. The van der Waals surface area contributed by atoms with Gasteiger partial charge < -0.3 is 13.6 Å². The Labute approximate surface area is 136 Å². The molecule has 114 valence electrons. The number of furan rings is 1. The zero-order valence-electron chi connectivity index (χ0n) is 11.9. The van der Waals surface area contributed by atoms with Crippen molar-refractivity contribution in [3.63, 3.8) is 0 Å². The van der Waals surface area contributed by atoms with E-state index in [1.165, 1.54) is 0 Å². The number of imidazole rings is 1. The van der Waals surface area contributed by atoms with Gasteiger partial charge in [-0.2, -0.15) is 0 Å². The van der Waals surface area contributed by atoms with Crippen LogP contribution in [0.15, 0.2) is 59.3 Å². The predicted octanol–water partition coefficient (Wildman–Crippen LogP) is 4.09. The molecule has 4 aromatic rings. The lowest BCUT2D eigenvalue weighted by Crippen LogP contribution is -2.04. The molecule has 0 radical (unpaired) electrons. The standard InChI is InChI=1S/C17H11ClN2O3/c18-12-5-6-16-19-13(9-20(16)8-12)10-22-17(21)15-7-11-3-1-2-4-14(11)23-15/h1-9H,10H2. The van der Waals surface area contributed by atoms with Crippen LogP contribution in [0.2, 0.25) is 5.02 Å². The summed E-state index contributed by atoms with van der Waals surface area (Å²) < 4.78 is 12.5. The number of hydrogen-bond donors (Lipinski definition) is 0. The van der Waals surface area contributed by atoms with E-state index in [4.69, 9.17) is 20.8 Å². The summed E-state index contributed by atoms with van der Waals surface area (Å²) in [5, 5.41) is 1.47. The van der Waals surface area contributed by atoms with Crippen LogP contribution in [-0.4, -0.2) is 15.4 Å². The zero-order chi connectivity index (χ0) is 15.8. The van der Waals surface area contributed by atoms with Crippen LogP contribution >= 0.6 is 11.6 Å². The topological polar surface area (TPSA) is 56.7 Å². The smallest absolute Gasteiger partial charge is 0.374 e. The summed E-state index contributed by atoms with van der Waals surface area (Å²) in [7, 11) is 0. The number of carbonyl (C=O) groups is 1. The van der Waals surface area contributed by atoms with Gasteiger partial charge in [-0.3, -0.25) is 0 Å². The first-order valence-electron chi connectivity index (χ1n) is 6.98. The van der Waals surface area contributed by atoms with Gasteiger partial charge in [0.15, 0.2) is 0 Å². The number of rotatable bonds is 3. The lowest BCUT2D eigenvalue weighted by molar-refractivity contribution is 0.0434. The van der Waals surface area contributed by atoms with Gasteiger partial charge in [0.2, 0.25) is 5.76 Å². The Balaban J connectivity index is 1.51. The van der Waals surface area contributed by atoms with Gasteiger partial charge in [0.05, 0.1) is 10.7 Å². The molecule has 0 spiro atoms. The molecule has 0 saturated carbocycles. The highest BCUT2D eigenvalue weighted by atomic mass is 35.5. The van der Waals surface area contributed by atoms with Crippen LogP contribution in [-0.2, 0) is 11.3 Å². The number of fused-ring (bicyclic) bond motifs is 2. The van der Waals surface area contributed by atoms with Crippen molar-refractivity contribution in [3.8, 4) is 0 Å². The molecule has 0 aliphatic rings. The highest BCUT2D eigenvalue weighted by molar-refractivity contribution is 6.30. The van der Waals surface area contributed by atoms with Crippen molar-refractivity contribution in [3.05, 3.63) is 71.3 Å². The molecule has 0 aliphatic heterocycles. The number of pyridine rings is 1. The molecule has 0 bridgehead atoms. The third kappa shape index (κ3) is 2.66. The maximum Gasteiger partial charge on any atom is 0.374 e. The Kier molecular flexibility index (Phi) is 3.28. The highest BCUT2D eigenvalue weighted by Gasteiger charge is 2.14. The highest BCUT2D eigenvalue weighted by Crippen LogP contribution is 2.20. The average Bonchev–Trinajstić information content (AvgIpc) is 3.15. The summed E-state index contributed by atoms with van der Waals surface area (Å²) in [6, 6.07) is 12.6. The molecular formula is C17H11ClN2O3. The van der Waals surface area contributed by atoms with Crippen molar-refractivity contribution in [2.75, 3.05) is 0 Å². The maximum atomic E-state index is 12.1. The summed E-state index contributed by atoms with van der Waals surface area (Å²) in [6.45, 7) is 0.0647. The molecular weight excluding hydrogens is 316 g/mol. The summed E-state index contributed by atoms with van der Waals surface area (Å²) in [4.78, 5) is 16.4. The molecule has 0 aliphatic carbocycles. The van der Waals surface area contributed by atoms with E-state index < -0.39 is 5.97 Å². The van der Waals surface area contributed by atoms with Crippen molar-refractivity contribution in [1.82, 2.24) is 9.38 Å². The third-order valence-electron chi connectivity index (χ3n) is 3.44. The number of para-hydroxylation sites is 1. The molecule has 0 saturated heterocycles. The van der Waals surface area contributed by atoms with Gasteiger partial charge in [-0.25, -0.2) is 9.78 Å². The van der Waals surface area contributed by atoms with Gasteiger partial charge >= 0.3 is 5.97 Å². The van der Waals surface area contributed by atoms with E-state index in [-0.39, 0.29) is 12.4 Å². The van der Waals surface area contributed by atoms with Gasteiger partial charge in [-0.15, -0.1) is 0 Å². The molecule has 0 N–H and O–H groups in total. The number of benzene rings is 1. The Morgan fingerprint density at radius 1 is 1.22 bits per heavy atom. The van der Waals surface area contributed by atoms with E-state index >= 15 is 0 Å². The second-order valence-electron chi connectivity index (χ2n) is 5.07. The molecule has 1 aromatic carbocycles. The summed E-state index contributed by atoms with van der Waals surface area (Å²) in [5.41, 5.74) is 2.03. The number of halogens is 1. The summed E-state index contributed by atoms with van der Waals surface area (Å²) in [6.07, 6.45) is 3.52. The fourth-order valence-electron chi connectivity index (χ4n) is 2.38. The van der Waals surface area contributed by atoms with E-state index in [1.807, 2.05) is 18.2 Å². The Morgan fingerprint density at radius 2 is 2.09 bits per heavy atom. The fraction of sp³-hybridized carbons (Fsp3) is 0.0588. The molecule has 0 amide bonds. The molecule has 0 unspecified atom stereocenters. The monoisotopic (exact) mass is 326 g/mol.